The fourth-order valence-electron chi connectivity index (χ4n) is 2.52. The maximum atomic E-state index is 12.4. The maximum absolute atomic E-state index is 12.4. The van der Waals surface area contributed by atoms with E-state index in [1.54, 1.807) is 7.11 Å². The lowest BCUT2D eigenvalue weighted by atomic mass is 10.0. The summed E-state index contributed by atoms with van der Waals surface area (Å²) >= 11 is 0. The van der Waals surface area contributed by atoms with E-state index in [2.05, 4.69) is 13.8 Å². The summed E-state index contributed by atoms with van der Waals surface area (Å²) < 4.78 is 10.8. The van der Waals surface area contributed by atoms with Gasteiger partial charge in [-0.25, -0.2) is 4.79 Å². The topological polar surface area (TPSA) is 35.5 Å². The van der Waals surface area contributed by atoms with Crippen LogP contribution in [-0.4, -0.2) is 19.7 Å². The first kappa shape index (κ1) is 16.3. The molecule has 2 aromatic rings. The van der Waals surface area contributed by atoms with Crippen molar-refractivity contribution < 1.29 is 14.3 Å². The zero-order chi connectivity index (χ0) is 15.9. The molecule has 3 nitrogen and oxygen atoms in total. The van der Waals surface area contributed by atoms with Gasteiger partial charge in [0.15, 0.2) is 0 Å². The third kappa shape index (κ3) is 4.00. The summed E-state index contributed by atoms with van der Waals surface area (Å²) in [5.74, 6) is 0.943. The van der Waals surface area contributed by atoms with Gasteiger partial charge in [-0.1, -0.05) is 50.6 Å². The smallest absolute Gasteiger partial charge is 0.342 e. The number of benzene rings is 2. The van der Waals surface area contributed by atoms with E-state index >= 15 is 0 Å². The molecule has 0 fully saturated rings. The average molecular weight is 300 g/mol. The Labute approximate surface area is 132 Å². The van der Waals surface area contributed by atoms with Crippen LogP contribution in [0.3, 0.4) is 0 Å². The second-order valence-electron chi connectivity index (χ2n) is 5.89. The lowest BCUT2D eigenvalue weighted by Gasteiger charge is -2.12. The third-order valence-corrected chi connectivity index (χ3v) is 3.72. The van der Waals surface area contributed by atoms with Crippen LogP contribution in [0.15, 0.2) is 36.4 Å². The molecule has 0 bridgehead atoms. The van der Waals surface area contributed by atoms with Crippen molar-refractivity contribution in [1.82, 2.24) is 0 Å². The highest BCUT2D eigenvalue weighted by molar-refractivity contribution is 6.07. The van der Waals surface area contributed by atoms with Gasteiger partial charge in [-0.15, -0.1) is 0 Å². The second-order valence-corrected chi connectivity index (χ2v) is 5.89. The predicted octanol–water partition coefficient (Wildman–Crippen LogP) is 4.83. The van der Waals surface area contributed by atoms with E-state index in [4.69, 9.17) is 9.47 Å². The number of unbranched alkanes of at least 4 members (excludes halogenated alkanes) is 1. The number of fused-ring (bicyclic) bond motifs is 1. The second kappa shape index (κ2) is 7.83. The largest absolute Gasteiger partial charge is 0.496 e. The van der Waals surface area contributed by atoms with E-state index in [1.165, 1.54) is 0 Å². The lowest BCUT2D eigenvalue weighted by Crippen LogP contribution is -2.09. The van der Waals surface area contributed by atoms with Gasteiger partial charge >= 0.3 is 5.97 Å². The Balaban J connectivity index is 2.10. The first-order chi connectivity index (χ1) is 10.6. The minimum absolute atomic E-state index is 0.307. The molecule has 22 heavy (non-hydrogen) atoms. The predicted molar refractivity (Wildman–Crippen MR) is 89.5 cm³/mol. The molecule has 0 heterocycles. The molecule has 0 aliphatic rings. The highest BCUT2D eigenvalue weighted by Crippen LogP contribution is 2.28. The molecule has 0 N–H and O–H groups in total. The van der Waals surface area contributed by atoms with Crippen LogP contribution in [0.2, 0.25) is 0 Å². The van der Waals surface area contributed by atoms with Crippen LogP contribution in [-0.2, 0) is 4.74 Å². The van der Waals surface area contributed by atoms with Crippen molar-refractivity contribution >= 4 is 16.7 Å². The Bertz CT molecular complexity index is 632. The molecule has 0 saturated carbocycles. The number of ether oxygens (including phenoxy) is 2. The summed E-state index contributed by atoms with van der Waals surface area (Å²) in [5.41, 5.74) is 0.518. The van der Waals surface area contributed by atoms with E-state index in [0.717, 1.165) is 30.0 Å². The number of carbonyl (C=O) groups is 1. The van der Waals surface area contributed by atoms with Gasteiger partial charge in [0.25, 0.3) is 0 Å². The van der Waals surface area contributed by atoms with Gasteiger partial charge in [0.2, 0.25) is 0 Å². The number of hydrogen-bond acceptors (Lipinski definition) is 3. The molecule has 0 radical (unpaired) electrons. The normalized spacial score (nSPS) is 10.9. The minimum atomic E-state index is -0.307. The van der Waals surface area contributed by atoms with Crippen molar-refractivity contribution in [3.8, 4) is 5.75 Å². The number of hydrogen-bond donors (Lipinski definition) is 0. The molecule has 0 aliphatic heterocycles. The summed E-state index contributed by atoms with van der Waals surface area (Å²) in [4.78, 5) is 12.4. The Morgan fingerprint density at radius 1 is 1.09 bits per heavy atom. The molecule has 0 amide bonds. The number of methoxy groups -OCH3 is 1. The van der Waals surface area contributed by atoms with Crippen LogP contribution in [0.5, 0.6) is 5.75 Å². The molecule has 0 atom stereocenters. The van der Waals surface area contributed by atoms with Crippen molar-refractivity contribution in [2.45, 2.75) is 33.1 Å². The standard InChI is InChI=1S/C19H24O3/c1-14(2)8-6-7-13-22-19(20)18-16-10-5-4-9-15(16)11-12-17(18)21-3/h4-5,9-12,14H,6-8,13H2,1-3H3. The summed E-state index contributed by atoms with van der Waals surface area (Å²) in [6.45, 7) is 4.86. The monoisotopic (exact) mass is 300 g/mol. The van der Waals surface area contributed by atoms with Gasteiger partial charge in [0.1, 0.15) is 11.3 Å². The average Bonchev–Trinajstić information content (AvgIpc) is 2.52. The lowest BCUT2D eigenvalue weighted by molar-refractivity contribution is 0.0496. The van der Waals surface area contributed by atoms with Gasteiger partial charge in [-0.2, -0.15) is 0 Å². The molecule has 0 spiro atoms. The van der Waals surface area contributed by atoms with E-state index in [-0.39, 0.29) is 5.97 Å². The Hall–Kier alpha value is -2.03. The molecule has 0 saturated heterocycles. The molecule has 0 aliphatic carbocycles. The zero-order valence-corrected chi connectivity index (χ0v) is 13.6. The molecule has 0 unspecified atom stereocenters. The summed E-state index contributed by atoms with van der Waals surface area (Å²) in [6, 6.07) is 11.5. The minimum Gasteiger partial charge on any atom is -0.496 e. The first-order valence-electron chi connectivity index (χ1n) is 7.86. The van der Waals surface area contributed by atoms with Crippen molar-refractivity contribution in [1.29, 1.82) is 0 Å². The van der Waals surface area contributed by atoms with Crippen LogP contribution in [0, 0.1) is 5.92 Å². The molecule has 3 heteroatoms. The Morgan fingerprint density at radius 3 is 2.59 bits per heavy atom. The summed E-state index contributed by atoms with van der Waals surface area (Å²) in [6.07, 6.45) is 3.14. The molecule has 2 rings (SSSR count). The summed E-state index contributed by atoms with van der Waals surface area (Å²) in [7, 11) is 1.57. The molecule has 2 aromatic carbocycles. The van der Waals surface area contributed by atoms with Gasteiger partial charge in [0, 0.05) is 0 Å². The van der Waals surface area contributed by atoms with Crippen LogP contribution in [0.25, 0.3) is 10.8 Å². The van der Waals surface area contributed by atoms with Gasteiger partial charge in [-0.05, 0) is 35.6 Å². The number of carbonyl (C=O) groups excluding carboxylic acids is 1. The molecular weight excluding hydrogens is 276 g/mol. The molecule has 0 aromatic heterocycles. The van der Waals surface area contributed by atoms with Crippen molar-refractivity contribution in [3.05, 3.63) is 42.0 Å². The number of esters is 1. The Kier molecular flexibility index (Phi) is 5.82. The molecular formula is C19H24O3. The summed E-state index contributed by atoms with van der Waals surface area (Å²) in [5, 5.41) is 1.88. The molecule has 118 valence electrons. The van der Waals surface area contributed by atoms with Crippen LogP contribution in [0.1, 0.15) is 43.5 Å². The van der Waals surface area contributed by atoms with Crippen molar-refractivity contribution in [3.63, 3.8) is 0 Å². The van der Waals surface area contributed by atoms with Crippen molar-refractivity contribution in [2.75, 3.05) is 13.7 Å². The van der Waals surface area contributed by atoms with E-state index < -0.39 is 0 Å². The highest BCUT2D eigenvalue weighted by atomic mass is 16.5. The zero-order valence-electron chi connectivity index (χ0n) is 13.6. The van der Waals surface area contributed by atoms with Gasteiger partial charge < -0.3 is 9.47 Å². The van der Waals surface area contributed by atoms with Crippen LogP contribution in [0.4, 0.5) is 0 Å². The van der Waals surface area contributed by atoms with E-state index in [0.29, 0.717) is 23.8 Å². The van der Waals surface area contributed by atoms with E-state index in [9.17, 15) is 4.79 Å². The van der Waals surface area contributed by atoms with E-state index in [1.807, 2.05) is 36.4 Å². The number of rotatable bonds is 7. The first-order valence-corrected chi connectivity index (χ1v) is 7.86. The SMILES string of the molecule is COc1ccc2ccccc2c1C(=O)OCCCCC(C)C. The van der Waals surface area contributed by atoms with Crippen LogP contribution >= 0.6 is 0 Å². The fourth-order valence-corrected chi connectivity index (χ4v) is 2.52. The van der Waals surface area contributed by atoms with Gasteiger partial charge in [0.05, 0.1) is 13.7 Å². The van der Waals surface area contributed by atoms with Crippen molar-refractivity contribution in [2.24, 2.45) is 5.92 Å². The van der Waals surface area contributed by atoms with Gasteiger partial charge in [-0.3, -0.25) is 0 Å². The third-order valence-electron chi connectivity index (χ3n) is 3.72. The highest BCUT2D eigenvalue weighted by Gasteiger charge is 2.17. The van der Waals surface area contributed by atoms with Crippen LogP contribution < -0.4 is 4.74 Å². The quantitative estimate of drug-likeness (QED) is 0.542. The fraction of sp³-hybridized carbons (Fsp3) is 0.421. The Morgan fingerprint density at radius 2 is 1.86 bits per heavy atom. The maximum Gasteiger partial charge on any atom is 0.342 e.